The summed E-state index contributed by atoms with van der Waals surface area (Å²) in [7, 11) is 0. The van der Waals surface area contributed by atoms with Gasteiger partial charge in [-0.15, -0.1) is 0 Å². The first-order chi connectivity index (χ1) is 12.7. The number of aromatic nitrogens is 4. The number of nitrogens with zero attached hydrogens (tertiary/aromatic N) is 4. The first-order valence-electron chi connectivity index (χ1n) is 8.76. The molecule has 0 unspecified atom stereocenters. The van der Waals surface area contributed by atoms with Gasteiger partial charge in [-0.2, -0.15) is 0 Å². The number of aromatic amines is 1. The highest BCUT2D eigenvalue weighted by molar-refractivity contribution is 5.76. The summed E-state index contributed by atoms with van der Waals surface area (Å²) in [6.07, 6.45) is 4.28. The molecule has 3 heterocycles. The number of hydrogen-bond acceptors (Lipinski definition) is 4. The van der Waals surface area contributed by atoms with E-state index in [1.807, 2.05) is 49.8 Å². The van der Waals surface area contributed by atoms with Crippen molar-refractivity contribution in [1.29, 1.82) is 0 Å². The maximum Gasteiger partial charge on any atom is 0.409 e. The van der Waals surface area contributed by atoms with Gasteiger partial charge in [0, 0.05) is 25.2 Å². The minimum atomic E-state index is -0.237. The van der Waals surface area contributed by atoms with Gasteiger partial charge in [0.25, 0.3) is 0 Å². The minimum absolute atomic E-state index is 0.237. The fourth-order valence-corrected chi connectivity index (χ4v) is 3.21. The molecule has 26 heavy (non-hydrogen) atoms. The van der Waals surface area contributed by atoms with E-state index in [4.69, 9.17) is 4.74 Å². The van der Waals surface area contributed by atoms with Crippen molar-refractivity contribution in [3.05, 3.63) is 48.7 Å². The third-order valence-corrected chi connectivity index (χ3v) is 4.51. The van der Waals surface area contributed by atoms with Gasteiger partial charge in [-0.3, -0.25) is 0 Å². The molecule has 1 aliphatic heterocycles. The smallest absolute Gasteiger partial charge is 0.409 e. The molecule has 0 saturated carbocycles. The van der Waals surface area contributed by atoms with E-state index in [0.717, 1.165) is 41.4 Å². The largest absolute Gasteiger partial charge is 0.449 e. The predicted molar refractivity (Wildman–Crippen MR) is 97.5 cm³/mol. The normalized spacial score (nSPS) is 14.5. The van der Waals surface area contributed by atoms with Crippen LogP contribution in [0.2, 0.25) is 0 Å². The molecular formula is C19H21N5O2. The molecule has 1 amide bonds. The second-order valence-corrected chi connectivity index (χ2v) is 6.34. The van der Waals surface area contributed by atoms with Gasteiger partial charge in [0.15, 0.2) is 0 Å². The van der Waals surface area contributed by atoms with Gasteiger partial charge in [-0.05, 0) is 13.3 Å². The summed E-state index contributed by atoms with van der Waals surface area (Å²) in [6, 6.07) is 10.1. The molecule has 3 aromatic rings. The molecule has 0 bridgehead atoms. The molecule has 0 spiro atoms. The Morgan fingerprint density at radius 2 is 2.04 bits per heavy atom. The van der Waals surface area contributed by atoms with Crippen LogP contribution < -0.4 is 0 Å². The quantitative estimate of drug-likeness (QED) is 0.766. The van der Waals surface area contributed by atoms with Crippen molar-refractivity contribution in [1.82, 2.24) is 24.4 Å². The molecule has 134 valence electrons. The number of hydrogen-bond donors (Lipinski definition) is 1. The Kier molecular flexibility index (Phi) is 4.43. The lowest BCUT2D eigenvalue weighted by atomic mass is 10.1. The number of imidazole rings is 2. The van der Waals surface area contributed by atoms with E-state index >= 15 is 0 Å². The summed E-state index contributed by atoms with van der Waals surface area (Å²) in [5.74, 6) is 0.853. The average Bonchev–Trinajstić information content (AvgIpc) is 3.27. The van der Waals surface area contributed by atoms with Crippen LogP contribution in [0.4, 0.5) is 4.79 Å². The maximum atomic E-state index is 11.9. The van der Waals surface area contributed by atoms with Gasteiger partial charge in [0.2, 0.25) is 0 Å². The van der Waals surface area contributed by atoms with Gasteiger partial charge in [-0.1, -0.05) is 30.3 Å². The van der Waals surface area contributed by atoms with Crippen LogP contribution in [0.15, 0.2) is 42.9 Å². The number of benzene rings is 1. The first kappa shape index (κ1) is 16.4. The Labute approximate surface area is 151 Å². The number of nitrogens with one attached hydrogen (secondary N) is 1. The number of H-pyrrole nitrogens is 1. The van der Waals surface area contributed by atoms with Crippen molar-refractivity contribution >= 4 is 6.09 Å². The number of aryl methyl sites for hydroxylation is 1. The van der Waals surface area contributed by atoms with E-state index in [1.165, 1.54) is 0 Å². The Morgan fingerprint density at radius 1 is 1.19 bits per heavy atom. The van der Waals surface area contributed by atoms with Crippen molar-refractivity contribution in [2.45, 2.75) is 19.9 Å². The van der Waals surface area contributed by atoms with Crippen LogP contribution >= 0.6 is 0 Å². The summed E-state index contributed by atoms with van der Waals surface area (Å²) in [4.78, 5) is 25.9. The Morgan fingerprint density at radius 3 is 2.77 bits per heavy atom. The van der Waals surface area contributed by atoms with Gasteiger partial charge >= 0.3 is 6.09 Å². The van der Waals surface area contributed by atoms with E-state index in [9.17, 15) is 4.79 Å². The number of amides is 1. The lowest BCUT2D eigenvalue weighted by Crippen LogP contribution is -2.39. The van der Waals surface area contributed by atoms with Gasteiger partial charge in [0.05, 0.1) is 36.2 Å². The zero-order valence-electron chi connectivity index (χ0n) is 14.7. The summed E-state index contributed by atoms with van der Waals surface area (Å²) < 4.78 is 7.18. The summed E-state index contributed by atoms with van der Waals surface area (Å²) in [5, 5.41) is 0. The molecule has 0 aliphatic carbocycles. The van der Waals surface area contributed by atoms with Crippen LogP contribution in [0.3, 0.4) is 0 Å². The van der Waals surface area contributed by atoms with Crippen molar-refractivity contribution in [2.75, 3.05) is 19.7 Å². The highest BCUT2D eigenvalue weighted by Crippen LogP contribution is 2.30. The molecule has 0 atom stereocenters. The van der Waals surface area contributed by atoms with Crippen LogP contribution in [-0.2, 0) is 11.3 Å². The second kappa shape index (κ2) is 7.03. The van der Waals surface area contributed by atoms with Gasteiger partial charge in [0.1, 0.15) is 5.82 Å². The molecule has 1 aliphatic rings. The Bertz CT molecular complexity index is 900. The van der Waals surface area contributed by atoms with Crippen molar-refractivity contribution in [3.63, 3.8) is 0 Å². The maximum absolute atomic E-state index is 11.9. The van der Waals surface area contributed by atoms with E-state index in [-0.39, 0.29) is 6.09 Å². The second-order valence-electron chi connectivity index (χ2n) is 6.34. The summed E-state index contributed by atoms with van der Waals surface area (Å²) in [5.41, 5.74) is 3.84. The SMILES string of the molecule is Cc1ncc(-c2c(-c3ccccc3)ncn2CCN2CCCOC2=O)[nH]1. The molecule has 1 aromatic carbocycles. The third-order valence-electron chi connectivity index (χ3n) is 4.51. The van der Waals surface area contributed by atoms with Crippen LogP contribution in [0, 0.1) is 6.92 Å². The molecule has 1 fully saturated rings. The molecule has 1 N–H and O–H groups in total. The minimum Gasteiger partial charge on any atom is -0.449 e. The van der Waals surface area contributed by atoms with E-state index in [0.29, 0.717) is 19.7 Å². The highest BCUT2D eigenvalue weighted by atomic mass is 16.6. The Balaban J connectivity index is 1.66. The summed E-state index contributed by atoms with van der Waals surface area (Å²) in [6.45, 7) is 4.40. The molecular weight excluding hydrogens is 330 g/mol. The monoisotopic (exact) mass is 351 g/mol. The molecule has 1 saturated heterocycles. The van der Waals surface area contributed by atoms with Gasteiger partial charge < -0.3 is 19.2 Å². The van der Waals surface area contributed by atoms with Crippen LogP contribution in [-0.4, -0.2) is 50.2 Å². The van der Waals surface area contributed by atoms with Crippen LogP contribution in [0.25, 0.3) is 22.6 Å². The number of carbonyl (C=O) groups is 1. The molecule has 7 heteroatoms. The lowest BCUT2D eigenvalue weighted by Gasteiger charge is -2.26. The fraction of sp³-hybridized carbons (Fsp3) is 0.316. The standard InChI is InChI=1S/C19H21N5O2/c1-14-20-12-16(22-14)18-17(15-6-3-2-4-7-15)21-13-24(18)10-9-23-8-5-11-26-19(23)25/h2-4,6-7,12-13H,5,8-11H2,1H3,(H,20,22). The first-order valence-corrected chi connectivity index (χ1v) is 8.76. The average molecular weight is 351 g/mol. The summed E-state index contributed by atoms with van der Waals surface area (Å²) >= 11 is 0. The zero-order chi connectivity index (χ0) is 17.9. The fourth-order valence-electron chi connectivity index (χ4n) is 3.21. The van der Waals surface area contributed by atoms with E-state index in [1.54, 1.807) is 4.90 Å². The third kappa shape index (κ3) is 3.20. The predicted octanol–water partition coefficient (Wildman–Crippen LogP) is 3.09. The van der Waals surface area contributed by atoms with Crippen LogP contribution in [0.5, 0.6) is 0 Å². The number of ether oxygens (including phenoxy) is 1. The Hall–Kier alpha value is -3.09. The number of carbonyl (C=O) groups excluding carboxylic acids is 1. The number of rotatable bonds is 5. The molecule has 0 radical (unpaired) electrons. The zero-order valence-corrected chi connectivity index (χ0v) is 14.7. The molecule has 2 aromatic heterocycles. The molecule has 4 rings (SSSR count). The van der Waals surface area contributed by atoms with E-state index in [2.05, 4.69) is 19.5 Å². The van der Waals surface area contributed by atoms with Crippen molar-refractivity contribution in [2.24, 2.45) is 0 Å². The van der Waals surface area contributed by atoms with Crippen LogP contribution in [0.1, 0.15) is 12.2 Å². The van der Waals surface area contributed by atoms with E-state index < -0.39 is 0 Å². The molecule has 7 nitrogen and oxygen atoms in total. The van der Waals surface area contributed by atoms with Crippen molar-refractivity contribution < 1.29 is 9.53 Å². The lowest BCUT2D eigenvalue weighted by molar-refractivity contribution is 0.0716. The van der Waals surface area contributed by atoms with Crippen molar-refractivity contribution in [3.8, 4) is 22.6 Å². The highest BCUT2D eigenvalue weighted by Gasteiger charge is 2.21. The topological polar surface area (TPSA) is 76.0 Å². The van der Waals surface area contributed by atoms with Gasteiger partial charge in [-0.25, -0.2) is 14.8 Å². The number of cyclic esters (lactones) is 1.